The molecule has 66 valence electrons. The first kappa shape index (κ1) is 10.4. The van der Waals surface area contributed by atoms with E-state index in [2.05, 4.69) is 5.16 Å². The highest BCUT2D eigenvalue weighted by atomic mass is 32.2. The van der Waals surface area contributed by atoms with E-state index in [0.29, 0.717) is 6.42 Å². The monoisotopic (exact) mass is 179 g/mol. The van der Waals surface area contributed by atoms with Crippen LogP contribution in [-0.2, 0) is 9.84 Å². The molecule has 1 atom stereocenters. The molecule has 0 aromatic carbocycles. The zero-order chi connectivity index (χ0) is 9.07. The van der Waals surface area contributed by atoms with Crippen LogP contribution < -0.4 is 0 Å². The molecule has 0 aromatic heterocycles. The molecular formula is C6H13NO3S. The number of nitrogens with zero attached hydrogens (tertiary/aromatic N) is 1. The second-order valence-electron chi connectivity index (χ2n) is 2.47. The van der Waals surface area contributed by atoms with E-state index in [1.807, 2.05) is 0 Å². The summed E-state index contributed by atoms with van der Waals surface area (Å²) in [5, 5.41) is 10.5. The van der Waals surface area contributed by atoms with Crippen LogP contribution in [0.25, 0.3) is 0 Å². The Labute approximate surface area is 66.8 Å². The Kier molecular flexibility index (Phi) is 3.51. The van der Waals surface area contributed by atoms with Gasteiger partial charge >= 0.3 is 0 Å². The van der Waals surface area contributed by atoms with E-state index in [4.69, 9.17) is 5.21 Å². The fraction of sp³-hybridized carbons (Fsp3) is 0.833. The third-order valence-corrected chi connectivity index (χ3v) is 3.22. The molecule has 0 unspecified atom stereocenters. The highest BCUT2D eigenvalue weighted by Crippen LogP contribution is 2.05. The molecule has 0 saturated heterocycles. The minimum absolute atomic E-state index is 0.245. The highest BCUT2D eigenvalue weighted by molar-refractivity contribution is 7.92. The van der Waals surface area contributed by atoms with E-state index in [1.165, 1.54) is 6.92 Å². The molecule has 1 N–H and O–H groups in total. The van der Waals surface area contributed by atoms with Crippen molar-refractivity contribution >= 4 is 15.5 Å². The van der Waals surface area contributed by atoms with Crippen LogP contribution in [0.4, 0.5) is 0 Å². The molecule has 0 rings (SSSR count). The fourth-order valence-corrected chi connectivity index (χ4v) is 2.24. The average molecular weight is 179 g/mol. The standard InChI is InChI=1S/C6H13NO3S/c1-4-6(5(2)7-8)11(3,9)10/h6,8H,4H2,1-3H3/b7-5-/t6-/m0/s1. The van der Waals surface area contributed by atoms with E-state index in [-0.39, 0.29) is 5.71 Å². The summed E-state index contributed by atoms with van der Waals surface area (Å²) in [4.78, 5) is 0. The minimum atomic E-state index is -3.12. The maximum atomic E-state index is 11.0. The van der Waals surface area contributed by atoms with Gasteiger partial charge in [0.05, 0.1) is 5.71 Å². The summed E-state index contributed by atoms with van der Waals surface area (Å²) < 4.78 is 21.9. The van der Waals surface area contributed by atoms with Crippen molar-refractivity contribution in [3.63, 3.8) is 0 Å². The third kappa shape index (κ3) is 2.88. The van der Waals surface area contributed by atoms with E-state index < -0.39 is 15.1 Å². The molecule has 0 aliphatic heterocycles. The Morgan fingerprint density at radius 1 is 1.64 bits per heavy atom. The van der Waals surface area contributed by atoms with Gasteiger partial charge in [-0.15, -0.1) is 0 Å². The number of oxime groups is 1. The minimum Gasteiger partial charge on any atom is -0.411 e. The second-order valence-corrected chi connectivity index (χ2v) is 4.70. The molecule has 0 bridgehead atoms. The molecule has 0 spiro atoms. The van der Waals surface area contributed by atoms with Gasteiger partial charge in [-0.1, -0.05) is 12.1 Å². The molecule has 4 nitrogen and oxygen atoms in total. The molecule has 0 fully saturated rings. The van der Waals surface area contributed by atoms with Crippen molar-refractivity contribution in [2.75, 3.05) is 6.26 Å². The van der Waals surface area contributed by atoms with Crippen LogP contribution in [0.1, 0.15) is 20.3 Å². The average Bonchev–Trinajstić information content (AvgIpc) is 1.86. The van der Waals surface area contributed by atoms with Crippen LogP contribution in [0.15, 0.2) is 5.16 Å². The molecule has 0 aliphatic rings. The van der Waals surface area contributed by atoms with Gasteiger partial charge < -0.3 is 5.21 Å². The zero-order valence-corrected chi connectivity index (χ0v) is 7.72. The van der Waals surface area contributed by atoms with Crippen molar-refractivity contribution in [2.24, 2.45) is 5.16 Å². The topological polar surface area (TPSA) is 66.7 Å². The summed E-state index contributed by atoms with van der Waals surface area (Å²) in [5.74, 6) is 0. The summed E-state index contributed by atoms with van der Waals surface area (Å²) >= 11 is 0. The van der Waals surface area contributed by atoms with Gasteiger partial charge in [-0.25, -0.2) is 8.42 Å². The zero-order valence-electron chi connectivity index (χ0n) is 6.90. The van der Waals surface area contributed by atoms with Crippen molar-refractivity contribution in [3.8, 4) is 0 Å². The lowest BCUT2D eigenvalue weighted by Crippen LogP contribution is -2.26. The normalized spacial score (nSPS) is 16.5. The summed E-state index contributed by atoms with van der Waals surface area (Å²) in [6.45, 7) is 3.23. The van der Waals surface area contributed by atoms with Crippen molar-refractivity contribution in [2.45, 2.75) is 25.5 Å². The molecule has 11 heavy (non-hydrogen) atoms. The van der Waals surface area contributed by atoms with E-state index in [1.54, 1.807) is 6.92 Å². The largest absolute Gasteiger partial charge is 0.411 e. The van der Waals surface area contributed by atoms with Gasteiger partial charge in [-0.2, -0.15) is 0 Å². The van der Waals surface area contributed by atoms with Crippen LogP contribution in [-0.4, -0.2) is 30.8 Å². The predicted molar refractivity (Wildman–Crippen MR) is 43.8 cm³/mol. The second kappa shape index (κ2) is 3.71. The molecule has 0 amide bonds. The first-order valence-corrected chi connectivity index (χ1v) is 5.26. The van der Waals surface area contributed by atoms with E-state index in [0.717, 1.165) is 6.26 Å². The molecule has 5 heteroatoms. The summed E-state index contributed by atoms with van der Waals surface area (Å²) in [7, 11) is -3.12. The van der Waals surface area contributed by atoms with Gasteiger partial charge in [0.1, 0.15) is 5.25 Å². The maximum absolute atomic E-state index is 11.0. The molecule has 0 radical (unpaired) electrons. The molecule has 0 saturated carbocycles. The molecular weight excluding hydrogens is 166 g/mol. The van der Waals surface area contributed by atoms with Crippen molar-refractivity contribution < 1.29 is 13.6 Å². The van der Waals surface area contributed by atoms with Gasteiger partial charge in [-0.3, -0.25) is 0 Å². The summed E-state index contributed by atoms with van der Waals surface area (Å²) in [6.07, 6.45) is 1.57. The summed E-state index contributed by atoms with van der Waals surface area (Å²) in [6, 6.07) is 0. The Balaban J connectivity index is 4.71. The predicted octanol–water partition coefficient (Wildman–Crippen LogP) is 0.660. The lowest BCUT2D eigenvalue weighted by Gasteiger charge is -2.09. The lowest BCUT2D eigenvalue weighted by molar-refractivity contribution is 0.317. The number of sulfone groups is 1. The van der Waals surface area contributed by atoms with Crippen molar-refractivity contribution in [3.05, 3.63) is 0 Å². The Morgan fingerprint density at radius 2 is 2.09 bits per heavy atom. The Morgan fingerprint density at radius 3 is 2.18 bits per heavy atom. The van der Waals surface area contributed by atoms with Gasteiger partial charge in [0.25, 0.3) is 0 Å². The van der Waals surface area contributed by atoms with Gasteiger partial charge in [-0.05, 0) is 13.3 Å². The Bertz CT molecular complexity index is 243. The first-order valence-electron chi connectivity index (χ1n) is 3.30. The first-order chi connectivity index (χ1) is 4.93. The van der Waals surface area contributed by atoms with Crippen molar-refractivity contribution in [1.29, 1.82) is 0 Å². The molecule has 0 aliphatic carbocycles. The van der Waals surface area contributed by atoms with Crippen LogP contribution in [0.5, 0.6) is 0 Å². The van der Waals surface area contributed by atoms with Gasteiger partial charge in [0.15, 0.2) is 9.84 Å². The SMILES string of the molecule is CC[C@@H](/C(C)=N\O)S(C)(=O)=O. The third-order valence-electron chi connectivity index (χ3n) is 1.51. The highest BCUT2D eigenvalue weighted by Gasteiger charge is 2.21. The van der Waals surface area contributed by atoms with E-state index >= 15 is 0 Å². The van der Waals surface area contributed by atoms with E-state index in [9.17, 15) is 8.42 Å². The molecule has 0 aromatic rings. The van der Waals surface area contributed by atoms with Crippen LogP contribution in [0, 0.1) is 0 Å². The van der Waals surface area contributed by atoms with Gasteiger partial charge in [0, 0.05) is 6.26 Å². The van der Waals surface area contributed by atoms with Crippen LogP contribution in [0.2, 0.25) is 0 Å². The summed E-state index contributed by atoms with van der Waals surface area (Å²) in [5.41, 5.74) is 0.245. The quantitative estimate of drug-likeness (QED) is 0.393. The Hall–Kier alpha value is -0.580. The fourth-order valence-electron chi connectivity index (χ4n) is 0.972. The number of hydrogen-bond donors (Lipinski definition) is 1. The smallest absolute Gasteiger partial charge is 0.155 e. The van der Waals surface area contributed by atoms with Crippen LogP contribution >= 0.6 is 0 Å². The maximum Gasteiger partial charge on any atom is 0.155 e. The van der Waals surface area contributed by atoms with Crippen LogP contribution in [0.3, 0.4) is 0 Å². The lowest BCUT2D eigenvalue weighted by atomic mass is 10.2. The number of hydrogen-bond acceptors (Lipinski definition) is 4. The molecule has 0 heterocycles. The van der Waals surface area contributed by atoms with Gasteiger partial charge in [0.2, 0.25) is 0 Å². The number of rotatable bonds is 3. The van der Waals surface area contributed by atoms with Crippen molar-refractivity contribution in [1.82, 2.24) is 0 Å².